The maximum absolute atomic E-state index is 12.2. The van der Waals surface area contributed by atoms with Gasteiger partial charge in [0.05, 0.1) is 9.13 Å². The van der Waals surface area contributed by atoms with E-state index in [2.05, 4.69) is 4.98 Å². The van der Waals surface area contributed by atoms with Crippen molar-refractivity contribution in [2.24, 2.45) is 0 Å². The van der Waals surface area contributed by atoms with Gasteiger partial charge in [-0.3, -0.25) is 4.98 Å². The quantitative estimate of drug-likeness (QED) is 0.568. The van der Waals surface area contributed by atoms with E-state index in [0.717, 1.165) is 6.20 Å². The molecule has 0 aromatic carbocycles. The molecule has 7 heteroatoms. The zero-order valence-electron chi connectivity index (χ0n) is 6.45. The van der Waals surface area contributed by atoms with Crippen molar-refractivity contribution >= 4 is 22.6 Å². The Hall–Kier alpha value is -0.470. The Morgan fingerprint density at radius 1 is 1.29 bits per heavy atom. The molecule has 0 aliphatic rings. The highest BCUT2D eigenvalue weighted by Gasteiger charge is 2.35. The second-order valence-corrected chi connectivity index (χ2v) is 3.43. The summed E-state index contributed by atoms with van der Waals surface area (Å²) in [7, 11) is 0. The first-order valence-electron chi connectivity index (χ1n) is 3.33. The molecule has 0 amide bonds. The van der Waals surface area contributed by atoms with Crippen LogP contribution in [0.3, 0.4) is 0 Å². The first-order chi connectivity index (χ1) is 6.34. The van der Waals surface area contributed by atoms with E-state index in [1.54, 1.807) is 0 Å². The van der Waals surface area contributed by atoms with E-state index in [9.17, 15) is 22.0 Å². The second kappa shape index (κ2) is 3.95. The molecular formula is C7H3F5IN. The minimum Gasteiger partial charge on any atom is -0.254 e. The van der Waals surface area contributed by atoms with E-state index in [-0.39, 0.29) is 0 Å². The summed E-state index contributed by atoms with van der Waals surface area (Å²) in [5.41, 5.74) is -1.91. The average Bonchev–Trinajstić information content (AvgIpc) is 2.01. The van der Waals surface area contributed by atoms with Gasteiger partial charge in [0.1, 0.15) is 5.69 Å². The molecule has 0 fully saturated rings. The Balaban J connectivity index is 3.28. The van der Waals surface area contributed by atoms with Crippen molar-refractivity contribution in [3.05, 3.63) is 27.1 Å². The molecule has 1 rings (SSSR count). The zero-order chi connectivity index (χ0) is 10.9. The Morgan fingerprint density at radius 3 is 2.29 bits per heavy atom. The van der Waals surface area contributed by atoms with Crippen LogP contribution in [0.5, 0.6) is 0 Å². The maximum Gasteiger partial charge on any atom is 0.417 e. The first-order valence-corrected chi connectivity index (χ1v) is 4.41. The summed E-state index contributed by atoms with van der Waals surface area (Å²) in [4.78, 5) is 3.19. The molecule has 0 atom stereocenters. The molecule has 1 aromatic rings. The highest BCUT2D eigenvalue weighted by atomic mass is 127. The standard InChI is InChI=1S/C7H3F5IN/c8-6(9)5-4(13)3(1-2-14-5)7(10,11)12/h1-2,6H. The molecule has 0 spiro atoms. The summed E-state index contributed by atoms with van der Waals surface area (Å²) in [5.74, 6) is 0. The molecule has 0 aliphatic carbocycles. The van der Waals surface area contributed by atoms with Gasteiger partial charge in [-0.25, -0.2) is 8.78 Å². The van der Waals surface area contributed by atoms with Gasteiger partial charge in [-0.1, -0.05) is 0 Å². The summed E-state index contributed by atoms with van der Waals surface area (Å²) >= 11 is 1.22. The van der Waals surface area contributed by atoms with Crippen molar-refractivity contribution in [2.75, 3.05) is 0 Å². The van der Waals surface area contributed by atoms with Gasteiger partial charge in [-0.2, -0.15) is 13.2 Å². The van der Waals surface area contributed by atoms with Gasteiger partial charge in [-0.15, -0.1) is 0 Å². The highest BCUT2D eigenvalue weighted by molar-refractivity contribution is 14.1. The lowest BCUT2D eigenvalue weighted by Gasteiger charge is -2.10. The number of aromatic nitrogens is 1. The minimum atomic E-state index is -4.62. The SMILES string of the molecule is FC(F)c1nccc(C(F)(F)F)c1I. The lowest BCUT2D eigenvalue weighted by Crippen LogP contribution is -2.10. The summed E-state index contributed by atoms with van der Waals surface area (Å²) in [6.07, 6.45) is -6.89. The summed E-state index contributed by atoms with van der Waals surface area (Å²) < 4.78 is 60.4. The van der Waals surface area contributed by atoms with Gasteiger partial charge in [0, 0.05) is 6.20 Å². The third kappa shape index (κ3) is 2.31. The molecule has 0 unspecified atom stereocenters. The van der Waals surface area contributed by atoms with Gasteiger partial charge in [0.15, 0.2) is 0 Å². The lowest BCUT2D eigenvalue weighted by molar-refractivity contribution is -0.138. The summed E-state index contributed by atoms with van der Waals surface area (Å²) in [5, 5.41) is 0. The van der Waals surface area contributed by atoms with E-state index in [1.807, 2.05) is 0 Å². The van der Waals surface area contributed by atoms with Gasteiger partial charge >= 0.3 is 6.18 Å². The third-order valence-corrected chi connectivity index (χ3v) is 2.56. The Morgan fingerprint density at radius 2 is 1.86 bits per heavy atom. The fourth-order valence-electron chi connectivity index (χ4n) is 0.831. The number of hydrogen-bond donors (Lipinski definition) is 0. The number of hydrogen-bond acceptors (Lipinski definition) is 1. The van der Waals surface area contributed by atoms with Gasteiger partial charge in [-0.05, 0) is 28.7 Å². The lowest BCUT2D eigenvalue weighted by atomic mass is 10.2. The average molecular weight is 323 g/mol. The topological polar surface area (TPSA) is 12.9 Å². The van der Waals surface area contributed by atoms with Gasteiger partial charge in [0.2, 0.25) is 0 Å². The maximum atomic E-state index is 12.2. The molecule has 0 N–H and O–H groups in total. The highest BCUT2D eigenvalue weighted by Crippen LogP contribution is 2.35. The summed E-state index contributed by atoms with van der Waals surface area (Å²) in [6, 6.07) is 0.674. The fraction of sp³-hybridized carbons (Fsp3) is 0.286. The van der Waals surface area contributed by atoms with E-state index in [0.29, 0.717) is 6.07 Å². The largest absolute Gasteiger partial charge is 0.417 e. The zero-order valence-corrected chi connectivity index (χ0v) is 8.60. The molecule has 1 nitrogen and oxygen atoms in total. The molecule has 1 aromatic heterocycles. The van der Waals surface area contributed by atoms with Gasteiger partial charge in [0.25, 0.3) is 6.43 Å². The normalized spacial score (nSPS) is 12.2. The number of rotatable bonds is 1. The minimum absolute atomic E-state index is 0.549. The number of halogens is 6. The molecule has 1 heterocycles. The first kappa shape index (κ1) is 11.6. The van der Waals surface area contributed by atoms with Crippen LogP contribution in [0.25, 0.3) is 0 Å². The van der Waals surface area contributed by atoms with Crippen LogP contribution < -0.4 is 0 Å². The van der Waals surface area contributed by atoms with Crippen LogP contribution in [0.2, 0.25) is 0 Å². The molecule has 0 radical (unpaired) electrons. The molecule has 0 aliphatic heterocycles. The Bertz CT molecular complexity index is 335. The molecular weight excluding hydrogens is 320 g/mol. The van der Waals surface area contributed by atoms with Crippen molar-refractivity contribution in [1.82, 2.24) is 4.98 Å². The van der Waals surface area contributed by atoms with Crippen LogP contribution >= 0.6 is 22.6 Å². The van der Waals surface area contributed by atoms with E-state index in [1.165, 1.54) is 22.6 Å². The van der Waals surface area contributed by atoms with Crippen LogP contribution in [0.15, 0.2) is 12.3 Å². The molecule has 0 saturated heterocycles. The van der Waals surface area contributed by atoms with Crippen molar-refractivity contribution < 1.29 is 22.0 Å². The summed E-state index contributed by atoms with van der Waals surface area (Å²) in [6.45, 7) is 0. The predicted octanol–water partition coefficient (Wildman–Crippen LogP) is 3.64. The third-order valence-electron chi connectivity index (χ3n) is 1.43. The molecule has 14 heavy (non-hydrogen) atoms. The van der Waals surface area contributed by atoms with Crippen LogP contribution in [-0.4, -0.2) is 4.98 Å². The number of pyridine rings is 1. The smallest absolute Gasteiger partial charge is 0.254 e. The van der Waals surface area contributed by atoms with E-state index < -0.39 is 27.4 Å². The Labute approximate surface area is 89.5 Å². The van der Waals surface area contributed by atoms with Crippen molar-refractivity contribution in [1.29, 1.82) is 0 Å². The van der Waals surface area contributed by atoms with Crippen LogP contribution in [0, 0.1) is 3.57 Å². The van der Waals surface area contributed by atoms with Crippen molar-refractivity contribution in [3.8, 4) is 0 Å². The van der Waals surface area contributed by atoms with Crippen LogP contribution in [0.1, 0.15) is 17.7 Å². The van der Waals surface area contributed by atoms with Crippen LogP contribution in [0.4, 0.5) is 22.0 Å². The van der Waals surface area contributed by atoms with Crippen molar-refractivity contribution in [2.45, 2.75) is 12.6 Å². The predicted molar refractivity (Wildman–Crippen MR) is 46.9 cm³/mol. The Kier molecular flexibility index (Phi) is 3.28. The van der Waals surface area contributed by atoms with Gasteiger partial charge < -0.3 is 0 Å². The molecule has 78 valence electrons. The monoisotopic (exact) mass is 323 g/mol. The van der Waals surface area contributed by atoms with E-state index in [4.69, 9.17) is 0 Å². The second-order valence-electron chi connectivity index (χ2n) is 2.36. The van der Waals surface area contributed by atoms with Crippen molar-refractivity contribution in [3.63, 3.8) is 0 Å². The van der Waals surface area contributed by atoms with Crippen LogP contribution in [-0.2, 0) is 6.18 Å². The number of nitrogens with zero attached hydrogens (tertiary/aromatic N) is 1. The number of alkyl halides is 5. The molecule has 0 bridgehead atoms. The molecule has 0 saturated carbocycles. The fourth-order valence-corrected chi connectivity index (χ4v) is 1.69. The van der Waals surface area contributed by atoms with E-state index >= 15 is 0 Å².